The van der Waals surface area contributed by atoms with Gasteiger partial charge in [0.15, 0.2) is 22.5 Å². The van der Waals surface area contributed by atoms with E-state index in [2.05, 4.69) is 22.1 Å². The van der Waals surface area contributed by atoms with Gasteiger partial charge in [0.25, 0.3) is 0 Å². The zero-order valence-electron chi connectivity index (χ0n) is 19.5. The maximum atomic E-state index is 13.0. The summed E-state index contributed by atoms with van der Waals surface area (Å²) in [6, 6.07) is 21.3. The summed E-state index contributed by atoms with van der Waals surface area (Å²) in [6.45, 7) is 6.10. The highest BCUT2D eigenvalue weighted by Gasteiger charge is 2.30. The minimum Gasteiger partial charge on any atom is -0.325 e. The van der Waals surface area contributed by atoms with Crippen molar-refractivity contribution in [3.8, 4) is 11.4 Å². The highest BCUT2D eigenvalue weighted by Crippen LogP contribution is 2.30. The zero-order valence-corrected chi connectivity index (χ0v) is 20.3. The molecule has 0 saturated carbocycles. The molecule has 0 fully saturated rings. The number of aromatic nitrogens is 3. The average Bonchev–Trinajstić information content (AvgIpc) is 3.30. The van der Waals surface area contributed by atoms with Crippen molar-refractivity contribution in [1.29, 1.82) is 0 Å². The van der Waals surface area contributed by atoms with Crippen LogP contribution in [0.4, 0.5) is 5.69 Å². The van der Waals surface area contributed by atoms with E-state index >= 15 is 0 Å². The lowest BCUT2D eigenvalue weighted by Crippen LogP contribution is -2.24. The second-order valence-electron chi connectivity index (χ2n) is 8.29. The molecule has 1 N–H and O–H groups in total. The number of thioether (sulfide) groups is 1. The molecule has 1 heterocycles. The first-order chi connectivity index (χ1) is 17.5. The number of anilines is 1. The number of fused-ring (bicyclic) bond motifs is 2. The van der Waals surface area contributed by atoms with Crippen LogP contribution in [-0.4, -0.2) is 37.5 Å². The summed E-state index contributed by atoms with van der Waals surface area (Å²) in [5.74, 6) is 0.00979. The molecule has 7 nitrogen and oxygen atoms in total. The smallest absolute Gasteiger partial charge is 0.237 e. The monoisotopic (exact) mass is 494 g/mol. The SMILES string of the molecule is C=CCn1c(SC(C)C(=O)Nc2ccc3c(c2)C(=O)c2ccccc2C3=O)nnc1-c1ccccc1. The van der Waals surface area contributed by atoms with Gasteiger partial charge in [0.2, 0.25) is 5.91 Å². The lowest BCUT2D eigenvalue weighted by molar-refractivity contribution is -0.115. The third-order valence-corrected chi connectivity index (χ3v) is 6.99. The van der Waals surface area contributed by atoms with Gasteiger partial charge in [-0.3, -0.25) is 19.0 Å². The Morgan fingerprint density at radius 1 is 0.944 bits per heavy atom. The van der Waals surface area contributed by atoms with Crippen LogP contribution < -0.4 is 5.32 Å². The van der Waals surface area contributed by atoms with Crippen molar-refractivity contribution in [1.82, 2.24) is 14.8 Å². The van der Waals surface area contributed by atoms with Crippen molar-refractivity contribution in [2.45, 2.75) is 23.9 Å². The lowest BCUT2D eigenvalue weighted by Gasteiger charge is -2.18. The van der Waals surface area contributed by atoms with Gasteiger partial charge in [-0.2, -0.15) is 0 Å². The molecule has 8 heteroatoms. The Morgan fingerprint density at radius 2 is 1.58 bits per heavy atom. The number of hydrogen-bond acceptors (Lipinski definition) is 6. The third-order valence-electron chi connectivity index (χ3n) is 5.90. The summed E-state index contributed by atoms with van der Waals surface area (Å²) < 4.78 is 1.91. The van der Waals surface area contributed by atoms with Crippen molar-refractivity contribution < 1.29 is 14.4 Å². The Kier molecular flexibility index (Phi) is 6.35. The number of benzene rings is 3. The number of allylic oxidation sites excluding steroid dienone is 1. The van der Waals surface area contributed by atoms with Crippen LogP contribution in [0, 0.1) is 0 Å². The van der Waals surface area contributed by atoms with E-state index in [1.165, 1.54) is 11.8 Å². The van der Waals surface area contributed by atoms with E-state index in [-0.39, 0.29) is 23.0 Å². The minimum atomic E-state index is -0.504. The first kappa shape index (κ1) is 23.4. The highest BCUT2D eigenvalue weighted by atomic mass is 32.2. The number of amides is 1. The molecule has 0 saturated heterocycles. The van der Waals surface area contributed by atoms with Gasteiger partial charge >= 0.3 is 0 Å². The quantitative estimate of drug-likeness (QED) is 0.252. The fourth-order valence-corrected chi connectivity index (χ4v) is 4.96. The molecule has 1 aliphatic carbocycles. The maximum Gasteiger partial charge on any atom is 0.237 e. The van der Waals surface area contributed by atoms with Crippen molar-refractivity contribution in [3.05, 3.63) is 108 Å². The molecule has 0 spiro atoms. The number of hydrogen-bond donors (Lipinski definition) is 1. The predicted molar refractivity (Wildman–Crippen MR) is 139 cm³/mol. The van der Waals surface area contributed by atoms with Crippen molar-refractivity contribution >= 4 is 34.9 Å². The summed E-state index contributed by atoms with van der Waals surface area (Å²) in [4.78, 5) is 38.8. The fraction of sp³-hybridized carbons (Fsp3) is 0.107. The molecule has 0 aliphatic heterocycles. The molecule has 1 amide bonds. The summed E-state index contributed by atoms with van der Waals surface area (Å²) in [5.41, 5.74) is 2.77. The van der Waals surface area contributed by atoms with Gasteiger partial charge in [0.05, 0.1) is 5.25 Å². The number of carbonyl (C=O) groups is 3. The number of nitrogens with zero attached hydrogens (tertiary/aromatic N) is 3. The van der Waals surface area contributed by atoms with Gasteiger partial charge in [-0.1, -0.05) is 72.4 Å². The third kappa shape index (κ3) is 4.27. The molecule has 4 aromatic rings. The molecule has 3 aromatic carbocycles. The zero-order chi connectivity index (χ0) is 25.2. The van der Waals surface area contributed by atoms with Crippen molar-refractivity contribution in [3.63, 3.8) is 0 Å². The van der Waals surface area contributed by atoms with E-state index in [1.807, 2.05) is 34.9 Å². The first-order valence-corrected chi connectivity index (χ1v) is 12.3. The van der Waals surface area contributed by atoms with Gasteiger partial charge in [-0.05, 0) is 25.1 Å². The van der Waals surface area contributed by atoms with Crippen LogP contribution in [0.25, 0.3) is 11.4 Å². The minimum absolute atomic E-state index is 0.197. The molecular formula is C28H22N4O3S. The van der Waals surface area contributed by atoms with Crippen molar-refractivity contribution in [2.24, 2.45) is 0 Å². The van der Waals surface area contributed by atoms with Crippen LogP contribution in [-0.2, 0) is 11.3 Å². The van der Waals surface area contributed by atoms with E-state index in [4.69, 9.17) is 0 Å². The van der Waals surface area contributed by atoms with Crippen LogP contribution in [0.15, 0.2) is 90.6 Å². The Labute approximate surface area is 212 Å². The lowest BCUT2D eigenvalue weighted by atomic mass is 9.84. The second-order valence-corrected chi connectivity index (χ2v) is 9.59. The molecule has 5 rings (SSSR count). The van der Waals surface area contributed by atoms with Gasteiger partial charge in [0, 0.05) is 40.0 Å². The van der Waals surface area contributed by atoms with Gasteiger partial charge in [-0.15, -0.1) is 16.8 Å². The first-order valence-electron chi connectivity index (χ1n) is 11.4. The Balaban J connectivity index is 1.34. The largest absolute Gasteiger partial charge is 0.325 e. The van der Waals surface area contributed by atoms with Gasteiger partial charge in [0.1, 0.15) is 0 Å². The van der Waals surface area contributed by atoms with Crippen LogP contribution in [0.5, 0.6) is 0 Å². The molecule has 178 valence electrons. The Morgan fingerprint density at radius 3 is 2.28 bits per heavy atom. The normalized spacial score (nSPS) is 13.0. The molecule has 1 atom stereocenters. The summed E-state index contributed by atoms with van der Waals surface area (Å²) >= 11 is 1.28. The topological polar surface area (TPSA) is 94.0 Å². The number of nitrogens with one attached hydrogen (secondary N) is 1. The average molecular weight is 495 g/mol. The van der Waals surface area contributed by atoms with Gasteiger partial charge in [-0.25, -0.2) is 0 Å². The van der Waals surface area contributed by atoms with E-state index in [0.717, 1.165) is 5.56 Å². The Hall–Kier alpha value is -4.30. The molecule has 36 heavy (non-hydrogen) atoms. The maximum absolute atomic E-state index is 13.0. The van der Waals surface area contributed by atoms with E-state index in [0.29, 0.717) is 39.9 Å². The predicted octanol–water partition coefficient (Wildman–Crippen LogP) is 5.03. The van der Waals surface area contributed by atoms with E-state index in [1.54, 1.807) is 55.5 Å². The standard InChI is InChI=1S/C28H22N4O3S/c1-3-15-32-26(18-9-5-4-6-10-18)30-31-28(32)36-17(2)27(35)29-19-13-14-22-23(16-19)25(34)21-12-8-7-11-20(21)24(22)33/h3-14,16-17H,1,15H2,2H3,(H,29,35). The van der Waals surface area contributed by atoms with E-state index in [9.17, 15) is 14.4 Å². The number of rotatable bonds is 7. The molecule has 1 aliphatic rings. The summed E-state index contributed by atoms with van der Waals surface area (Å²) in [7, 11) is 0. The molecular weight excluding hydrogens is 472 g/mol. The summed E-state index contributed by atoms with van der Waals surface area (Å²) in [5, 5.41) is 11.6. The Bertz CT molecular complexity index is 1510. The molecule has 0 bridgehead atoms. The van der Waals surface area contributed by atoms with E-state index < -0.39 is 5.25 Å². The van der Waals surface area contributed by atoms with Crippen LogP contribution in [0.1, 0.15) is 38.8 Å². The fourth-order valence-electron chi connectivity index (χ4n) is 4.10. The molecule has 1 aromatic heterocycles. The van der Waals surface area contributed by atoms with Crippen molar-refractivity contribution in [2.75, 3.05) is 5.32 Å². The number of carbonyl (C=O) groups excluding carboxylic acids is 3. The molecule has 1 unspecified atom stereocenters. The molecule has 0 radical (unpaired) electrons. The van der Waals surface area contributed by atoms with Crippen LogP contribution in [0.3, 0.4) is 0 Å². The van der Waals surface area contributed by atoms with Crippen LogP contribution >= 0.6 is 11.8 Å². The summed E-state index contributed by atoms with van der Waals surface area (Å²) in [6.07, 6.45) is 1.76. The second kappa shape index (κ2) is 9.75. The van der Waals surface area contributed by atoms with Gasteiger partial charge < -0.3 is 5.32 Å². The highest BCUT2D eigenvalue weighted by molar-refractivity contribution is 8.00. The van der Waals surface area contributed by atoms with Crippen LogP contribution in [0.2, 0.25) is 0 Å². The number of ketones is 2.